The molecule has 0 spiro atoms. The Balaban J connectivity index is 1.60. The highest BCUT2D eigenvalue weighted by Gasteiger charge is 2.14. The first kappa shape index (κ1) is 17.6. The number of benzene rings is 1. The Morgan fingerprint density at radius 1 is 1.26 bits per heavy atom. The first-order chi connectivity index (χ1) is 13.1. The number of aromatic nitrogens is 3. The molecule has 3 aromatic rings. The number of carboxylic acid groups (broad SMARTS) is 1. The minimum atomic E-state index is -1.08. The van der Waals surface area contributed by atoms with Crippen LogP contribution >= 0.6 is 11.6 Å². The molecule has 4 rings (SSSR count). The summed E-state index contributed by atoms with van der Waals surface area (Å²) in [6.07, 6.45) is 0. The summed E-state index contributed by atoms with van der Waals surface area (Å²) in [5, 5.41) is 9.16. The van der Waals surface area contributed by atoms with Crippen LogP contribution in [0.25, 0.3) is 22.4 Å². The summed E-state index contributed by atoms with van der Waals surface area (Å²) in [5.74, 6) is -1.08. The van der Waals surface area contributed by atoms with Crippen molar-refractivity contribution in [1.82, 2.24) is 15.0 Å². The molecule has 0 aliphatic carbocycles. The van der Waals surface area contributed by atoms with Crippen LogP contribution in [0.3, 0.4) is 0 Å². The lowest BCUT2D eigenvalue weighted by atomic mass is 10.1. The Hall–Kier alpha value is -2.84. The van der Waals surface area contributed by atoms with E-state index < -0.39 is 12.6 Å². The van der Waals surface area contributed by atoms with Crippen LogP contribution in [-0.2, 0) is 9.53 Å². The Labute approximate surface area is 159 Å². The van der Waals surface area contributed by atoms with Crippen LogP contribution in [0.4, 0.5) is 5.69 Å². The smallest absolute Gasteiger partial charge is 0.341 e. The first-order valence-electron chi connectivity index (χ1n) is 8.44. The standard InChI is InChI=1S/C18H17ClN4O4/c19-13-9-14-17(22-18(20-14)27-10-15(24)25)21-16(13)11-1-3-12(4-2-11)23-5-7-26-8-6-23/h1-4,9H,5-8,10H2,(H,24,25)(H,20,21,22). The van der Waals surface area contributed by atoms with Crippen molar-refractivity contribution in [1.29, 1.82) is 0 Å². The molecule has 0 atom stereocenters. The number of aromatic amines is 1. The van der Waals surface area contributed by atoms with Crippen LogP contribution in [0.1, 0.15) is 0 Å². The zero-order valence-corrected chi connectivity index (χ0v) is 15.1. The maximum absolute atomic E-state index is 10.6. The molecule has 1 aliphatic rings. The monoisotopic (exact) mass is 388 g/mol. The Morgan fingerprint density at radius 3 is 2.70 bits per heavy atom. The molecule has 1 aliphatic heterocycles. The summed E-state index contributed by atoms with van der Waals surface area (Å²) in [5.41, 5.74) is 3.59. The number of morpholine rings is 1. The normalized spacial score (nSPS) is 14.5. The molecule has 9 heteroatoms. The van der Waals surface area contributed by atoms with Gasteiger partial charge < -0.3 is 24.5 Å². The Bertz CT molecular complexity index is 967. The number of imidazole rings is 1. The second kappa shape index (κ2) is 7.42. The van der Waals surface area contributed by atoms with Gasteiger partial charge in [0.15, 0.2) is 12.3 Å². The summed E-state index contributed by atoms with van der Waals surface area (Å²) in [6.45, 7) is 2.73. The van der Waals surface area contributed by atoms with Gasteiger partial charge >= 0.3 is 5.97 Å². The maximum Gasteiger partial charge on any atom is 0.341 e. The zero-order chi connectivity index (χ0) is 18.8. The minimum Gasteiger partial charge on any atom is -0.479 e. The van der Waals surface area contributed by atoms with E-state index in [2.05, 4.69) is 19.9 Å². The molecule has 0 bridgehead atoms. The van der Waals surface area contributed by atoms with Crippen molar-refractivity contribution in [2.45, 2.75) is 0 Å². The molecule has 0 amide bonds. The van der Waals surface area contributed by atoms with Gasteiger partial charge in [0.25, 0.3) is 6.01 Å². The number of nitrogens with one attached hydrogen (secondary N) is 1. The average Bonchev–Trinajstić information content (AvgIpc) is 3.08. The number of aliphatic carboxylic acids is 1. The highest BCUT2D eigenvalue weighted by atomic mass is 35.5. The summed E-state index contributed by atoms with van der Waals surface area (Å²) < 4.78 is 10.4. The molecule has 1 saturated heterocycles. The van der Waals surface area contributed by atoms with Gasteiger partial charge in [-0.3, -0.25) is 0 Å². The molecule has 27 heavy (non-hydrogen) atoms. The number of rotatable bonds is 5. The molecule has 8 nitrogen and oxygen atoms in total. The van der Waals surface area contributed by atoms with Crippen molar-refractivity contribution in [2.75, 3.05) is 37.8 Å². The SMILES string of the molecule is O=C(O)COc1nc2nc(-c3ccc(N4CCOCC4)cc3)c(Cl)cc2[nH]1. The van der Waals surface area contributed by atoms with Gasteiger partial charge in [0.05, 0.1) is 29.4 Å². The molecule has 1 fully saturated rings. The van der Waals surface area contributed by atoms with Gasteiger partial charge in [-0.1, -0.05) is 23.7 Å². The number of nitrogens with zero attached hydrogens (tertiary/aromatic N) is 3. The predicted octanol–water partition coefficient (Wildman–Crippen LogP) is 2.58. The largest absolute Gasteiger partial charge is 0.479 e. The lowest BCUT2D eigenvalue weighted by Gasteiger charge is -2.28. The molecule has 2 aromatic heterocycles. The minimum absolute atomic E-state index is 0.0933. The van der Waals surface area contributed by atoms with Gasteiger partial charge in [0.1, 0.15) is 0 Å². The highest BCUT2D eigenvalue weighted by molar-refractivity contribution is 6.33. The summed E-state index contributed by atoms with van der Waals surface area (Å²) in [4.78, 5) is 24.4. The number of hydrogen-bond donors (Lipinski definition) is 2. The Morgan fingerprint density at radius 2 is 2.00 bits per heavy atom. The zero-order valence-electron chi connectivity index (χ0n) is 14.3. The fourth-order valence-corrected chi connectivity index (χ4v) is 3.21. The number of fused-ring (bicyclic) bond motifs is 1. The van der Waals surface area contributed by atoms with Crippen LogP contribution in [0.2, 0.25) is 5.02 Å². The van der Waals surface area contributed by atoms with Gasteiger partial charge in [-0.15, -0.1) is 0 Å². The topological polar surface area (TPSA) is 101 Å². The van der Waals surface area contributed by atoms with Crippen molar-refractivity contribution in [3.63, 3.8) is 0 Å². The van der Waals surface area contributed by atoms with E-state index in [1.54, 1.807) is 6.07 Å². The van der Waals surface area contributed by atoms with E-state index in [0.717, 1.165) is 37.6 Å². The number of carboxylic acids is 1. The van der Waals surface area contributed by atoms with Gasteiger partial charge in [-0.2, -0.15) is 4.98 Å². The average molecular weight is 389 g/mol. The van der Waals surface area contributed by atoms with Crippen molar-refractivity contribution < 1.29 is 19.4 Å². The summed E-state index contributed by atoms with van der Waals surface area (Å²) in [7, 11) is 0. The number of pyridine rings is 1. The number of anilines is 1. The van der Waals surface area contributed by atoms with E-state index in [-0.39, 0.29) is 6.01 Å². The number of carbonyl (C=O) groups is 1. The van der Waals surface area contributed by atoms with Crippen molar-refractivity contribution in [3.05, 3.63) is 35.4 Å². The predicted molar refractivity (Wildman–Crippen MR) is 100 cm³/mol. The summed E-state index contributed by atoms with van der Waals surface area (Å²) >= 11 is 6.39. The van der Waals surface area contributed by atoms with Crippen molar-refractivity contribution in [2.24, 2.45) is 0 Å². The van der Waals surface area contributed by atoms with Gasteiger partial charge in [0.2, 0.25) is 0 Å². The van der Waals surface area contributed by atoms with Crippen LogP contribution in [-0.4, -0.2) is 58.9 Å². The molecule has 2 N–H and O–H groups in total. The van der Waals surface area contributed by atoms with Crippen LogP contribution in [0.15, 0.2) is 30.3 Å². The number of hydrogen-bond acceptors (Lipinski definition) is 6. The van der Waals surface area contributed by atoms with E-state index in [1.807, 2.05) is 24.3 Å². The number of halogens is 1. The second-order valence-corrected chi connectivity index (χ2v) is 6.47. The molecular weight excluding hydrogens is 372 g/mol. The Kier molecular flexibility index (Phi) is 4.83. The number of ether oxygens (including phenoxy) is 2. The van der Waals surface area contributed by atoms with Crippen LogP contribution in [0, 0.1) is 0 Å². The highest BCUT2D eigenvalue weighted by Crippen LogP contribution is 2.30. The van der Waals surface area contributed by atoms with E-state index in [0.29, 0.717) is 21.9 Å². The molecule has 0 radical (unpaired) electrons. The molecule has 0 unspecified atom stereocenters. The van der Waals surface area contributed by atoms with Gasteiger partial charge in [0, 0.05) is 24.3 Å². The van der Waals surface area contributed by atoms with E-state index in [9.17, 15) is 4.79 Å². The third kappa shape index (κ3) is 3.81. The fourth-order valence-electron chi connectivity index (χ4n) is 2.95. The maximum atomic E-state index is 10.6. The van der Waals surface area contributed by atoms with Crippen molar-refractivity contribution in [3.8, 4) is 17.3 Å². The first-order valence-corrected chi connectivity index (χ1v) is 8.82. The molecule has 0 saturated carbocycles. The van der Waals surface area contributed by atoms with Crippen LogP contribution in [0.5, 0.6) is 6.01 Å². The van der Waals surface area contributed by atoms with Gasteiger partial charge in [-0.25, -0.2) is 9.78 Å². The van der Waals surface area contributed by atoms with Gasteiger partial charge in [-0.05, 0) is 18.2 Å². The molecule has 140 valence electrons. The quantitative estimate of drug-likeness (QED) is 0.692. The lowest BCUT2D eigenvalue weighted by molar-refractivity contribution is -0.139. The number of H-pyrrole nitrogens is 1. The lowest BCUT2D eigenvalue weighted by Crippen LogP contribution is -2.36. The third-order valence-corrected chi connectivity index (χ3v) is 4.54. The molecule has 1 aromatic carbocycles. The van der Waals surface area contributed by atoms with E-state index in [1.165, 1.54) is 0 Å². The molecular formula is C18H17ClN4O4. The van der Waals surface area contributed by atoms with Crippen LogP contribution < -0.4 is 9.64 Å². The fraction of sp³-hybridized carbons (Fsp3) is 0.278. The van der Waals surface area contributed by atoms with E-state index in [4.69, 9.17) is 26.2 Å². The molecule has 3 heterocycles. The summed E-state index contributed by atoms with van der Waals surface area (Å²) in [6, 6.07) is 9.81. The third-order valence-electron chi connectivity index (χ3n) is 4.25. The second-order valence-electron chi connectivity index (χ2n) is 6.06. The van der Waals surface area contributed by atoms with Crippen molar-refractivity contribution >= 4 is 34.4 Å². The van der Waals surface area contributed by atoms with E-state index >= 15 is 0 Å².